The molecular formula is C32H25N3. The van der Waals surface area contributed by atoms with E-state index in [0.717, 1.165) is 28.2 Å². The van der Waals surface area contributed by atoms with Gasteiger partial charge in [-0.05, 0) is 59.5 Å². The lowest BCUT2D eigenvalue weighted by Gasteiger charge is -2.15. The molecule has 6 aromatic rings. The van der Waals surface area contributed by atoms with Crippen molar-refractivity contribution in [3.8, 4) is 27.9 Å². The minimum Gasteiger partial charge on any atom is -0.339 e. The molecule has 3 heteroatoms. The number of aromatic nitrogens is 2. The Bertz CT molecular complexity index is 1620. The summed E-state index contributed by atoms with van der Waals surface area (Å²) >= 11 is 0. The molecule has 0 bridgehead atoms. The van der Waals surface area contributed by atoms with Crippen LogP contribution in [0.15, 0.2) is 128 Å². The Morgan fingerprint density at radius 3 is 2.14 bits per heavy atom. The average Bonchev–Trinajstić information content (AvgIpc) is 3.34. The number of pyridine rings is 1. The summed E-state index contributed by atoms with van der Waals surface area (Å²) in [6.45, 7) is 2.13. The van der Waals surface area contributed by atoms with Gasteiger partial charge >= 0.3 is 0 Å². The Morgan fingerprint density at radius 2 is 1.34 bits per heavy atom. The second-order valence-corrected chi connectivity index (χ2v) is 8.70. The van der Waals surface area contributed by atoms with Crippen LogP contribution in [0.3, 0.4) is 0 Å². The summed E-state index contributed by atoms with van der Waals surface area (Å²) in [6.07, 6.45) is 2.09. The van der Waals surface area contributed by atoms with Gasteiger partial charge in [-0.2, -0.15) is 0 Å². The Labute approximate surface area is 205 Å². The molecule has 6 rings (SSSR count). The number of rotatable bonds is 5. The molecule has 0 aliphatic rings. The summed E-state index contributed by atoms with van der Waals surface area (Å²) in [5.74, 6) is 0.822. The predicted octanol–water partition coefficient (Wildman–Crippen LogP) is 8.41. The molecule has 0 unspecified atom stereocenters. The van der Waals surface area contributed by atoms with Crippen molar-refractivity contribution in [2.45, 2.75) is 6.92 Å². The van der Waals surface area contributed by atoms with Gasteiger partial charge in [0, 0.05) is 22.8 Å². The molecule has 0 fully saturated rings. The fourth-order valence-electron chi connectivity index (χ4n) is 4.57. The van der Waals surface area contributed by atoms with E-state index in [-0.39, 0.29) is 0 Å². The molecule has 168 valence electrons. The van der Waals surface area contributed by atoms with E-state index in [4.69, 9.17) is 4.98 Å². The van der Waals surface area contributed by atoms with E-state index < -0.39 is 0 Å². The zero-order valence-corrected chi connectivity index (χ0v) is 19.5. The first kappa shape index (κ1) is 20.9. The number of benzene rings is 4. The largest absolute Gasteiger partial charge is 0.339 e. The molecule has 0 radical (unpaired) electrons. The molecule has 0 saturated heterocycles. The van der Waals surface area contributed by atoms with Gasteiger partial charge in [-0.1, -0.05) is 91.0 Å². The molecule has 0 spiro atoms. The lowest BCUT2D eigenvalue weighted by molar-refractivity contribution is 1.09. The monoisotopic (exact) mass is 451 g/mol. The van der Waals surface area contributed by atoms with E-state index in [2.05, 4.69) is 126 Å². The van der Waals surface area contributed by atoms with Crippen molar-refractivity contribution in [1.82, 2.24) is 9.55 Å². The van der Waals surface area contributed by atoms with Crippen LogP contribution in [0.5, 0.6) is 0 Å². The fourth-order valence-corrected chi connectivity index (χ4v) is 4.57. The molecule has 0 atom stereocenters. The number of hydrogen-bond donors (Lipinski definition) is 1. The zero-order valence-electron chi connectivity index (χ0n) is 19.5. The van der Waals surface area contributed by atoms with Crippen LogP contribution in [0.1, 0.15) is 5.56 Å². The van der Waals surface area contributed by atoms with Gasteiger partial charge < -0.3 is 9.88 Å². The van der Waals surface area contributed by atoms with E-state index in [9.17, 15) is 0 Å². The Kier molecular flexibility index (Phi) is 5.36. The van der Waals surface area contributed by atoms with Crippen LogP contribution in [0.25, 0.3) is 39.0 Å². The van der Waals surface area contributed by atoms with Gasteiger partial charge in [-0.25, -0.2) is 4.98 Å². The van der Waals surface area contributed by atoms with Crippen molar-refractivity contribution < 1.29 is 0 Å². The molecule has 2 heterocycles. The highest BCUT2D eigenvalue weighted by Crippen LogP contribution is 2.33. The highest BCUT2D eigenvalue weighted by Gasteiger charge is 2.11. The van der Waals surface area contributed by atoms with E-state index >= 15 is 0 Å². The average molecular weight is 452 g/mol. The van der Waals surface area contributed by atoms with Gasteiger partial charge in [-0.15, -0.1) is 0 Å². The fraction of sp³-hybridized carbons (Fsp3) is 0.0312. The van der Waals surface area contributed by atoms with Crippen molar-refractivity contribution in [2.24, 2.45) is 0 Å². The summed E-state index contributed by atoms with van der Waals surface area (Å²) in [5, 5.41) is 4.72. The van der Waals surface area contributed by atoms with E-state index in [0.29, 0.717) is 0 Å². The van der Waals surface area contributed by atoms with Crippen LogP contribution in [-0.4, -0.2) is 9.55 Å². The van der Waals surface area contributed by atoms with Crippen LogP contribution >= 0.6 is 0 Å². The van der Waals surface area contributed by atoms with E-state index in [1.807, 2.05) is 18.2 Å². The Balaban J connectivity index is 1.40. The molecule has 0 aliphatic carbocycles. The van der Waals surface area contributed by atoms with Crippen molar-refractivity contribution in [3.63, 3.8) is 0 Å². The van der Waals surface area contributed by atoms with Crippen molar-refractivity contribution >= 4 is 22.5 Å². The van der Waals surface area contributed by atoms with E-state index in [1.54, 1.807) is 0 Å². The van der Waals surface area contributed by atoms with Gasteiger partial charge in [0.1, 0.15) is 11.5 Å². The minimum absolute atomic E-state index is 0.822. The smallest absolute Gasteiger partial charge is 0.146 e. The highest BCUT2D eigenvalue weighted by atomic mass is 15.1. The summed E-state index contributed by atoms with van der Waals surface area (Å²) in [4.78, 5) is 5.04. The van der Waals surface area contributed by atoms with Gasteiger partial charge in [-0.3, -0.25) is 0 Å². The highest BCUT2D eigenvalue weighted by molar-refractivity contribution is 5.85. The quantitative estimate of drug-likeness (QED) is 0.285. The molecule has 1 N–H and O–H groups in total. The number of nitrogens with zero attached hydrogens (tertiary/aromatic N) is 2. The number of anilines is 2. The lowest BCUT2D eigenvalue weighted by Crippen LogP contribution is -2.00. The summed E-state index contributed by atoms with van der Waals surface area (Å²) in [7, 11) is 0. The van der Waals surface area contributed by atoms with E-state index in [1.165, 1.54) is 27.8 Å². The number of fused-ring (bicyclic) bond motifs is 1. The molecule has 0 aliphatic heterocycles. The number of hydrogen-bond acceptors (Lipinski definition) is 2. The minimum atomic E-state index is 0.822. The van der Waals surface area contributed by atoms with Gasteiger partial charge in [0.25, 0.3) is 0 Å². The number of para-hydroxylation sites is 1. The van der Waals surface area contributed by atoms with Gasteiger partial charge in [0.2, 0.25) is 0 Å². The first-order valence-corrected chi connectivity index (χ1v) is 11.8. The standard InChI is InChI=1S/C32H25N3/c1-23-10-8-17-29(25-13-6-3-7-14-25)31(23)33-30-19-18-26-20-21-35(32(26)34-30)28-16-9-15-27(22-28)24-11-4-2-5-12-24/h2-22H,1H3,(H,33,34). The number of nitrogens with one attached hydrogen (secondary N) is 1. The second-order valence-electron chi connectivity index (χ2n) is 8.70. The van der Waals surface area contributed by atoms with Crippen LogP contribution < -0.4 is 5.32 Å². The van der Waals surface area contributed by atoms with Crippen LogP contribution in [-0.2, 0) is 0 Å². The predicted molar refractivity (Wildman–Crippen MR) is 146 cm³/mol. The number of aryl methyl sites for hydroxylation is 1. The van der Waals surface area contributed by atoms with Crippen LogP contribution in [0, 0.1) is 6.92 Å². The summed E-state index contributed by atoms with van der Waals surface area (Å²) in [5.41, 5.74) is 9.01. The molecule has 2 aromatic heterocycles. The zero-order chi connectivity index (χ0) is 23.6. The third-order valence-electron chi connectivity index (χ3n) is 6.38. The van der Waals surface area contributed by atoms with Gasteiger partial charge in [0.05, 0.1) is 5.69 Å². The topological polar surface area (TPSA) is 29.9 Å². The van der Waals surface area contributed by atoms with Crippen molar-refractivity contribution in [3.05, 3.63) is 133 Å². The van der Waals surface area contributed by atoms with Crippen molar-refractivity contribution in [2.75, 3.05) is 5.32 Å². The molecule has 35 heavy (non-hydrogen) atoms. The molecule has 0 saturated carbocycles. The SMILES string of the molecule is Cc1cccc(-c2ccccc2)c1Nc1ccc2ccn(-c3cccc(-c4ccccc4)c3)c2n1. The van der Waals surface area contributed by atoms with Crippen LogP contribution in [0.4, 0.5) is 11.5 Å². The summed E-state index contributed by atoms with van der Waals surface area (Å²) in [6, 6.07) is 42.2. The first-order chi connectivity index (χ1) is 17.3. The molecular weight excluding hydrogens is 426 g/mol. The Hall–Kier alpha value is -4.63. The molecule has 0 amide bonds. The molecule has 4 aromatic carbocycles. The normalized spacial score (nSPS) is 11.0. The maximum Gasteiger partial charge on any atom is 0.146 e. The lowest BCUT2D eigenvalue weighted by atomic mass is 10.0. The van der Waals surface area contributed by atoms with Crippen LogP contribution in [0.2, 0.25) is 0 Å². The molecule has 3 nitrogen and oxygen atoms in total. The third kappa shape index (κ3) is 4.09. The third-order valence-corrected chi connectivity index (χ3v) is 6.38. The summed E-state index contributed by atoms with van der Waals surface area (Å²) < 4.78 is 2.16. The first-order valence-electron chi connectivity index (χ1n) is 11.8. The van der Waals surface area contributed by atoms with Gasteiger partial charge in [0.15, 0.2) is 0 Å². The maximum atomic E-state index is 5.04. The second kappa shape index (κ2) is 8.96. The maximum absolute atomic E-state index is 5.04. The van der Waals surface area contributed by atoms with Crippen molar-refractivity contribution in [1.29, 1.82) is 0 Å². The Morgan fingerprint density at radius 1 is 0.629 bits per heavy atom.